The molecule has 0 saturated heterocycles. The van der Waals surface area contributed by atoms with Crippen molar-refractivity contribution in [2.75, 3.05) is 21.1 Å². The molecule has 0 N–H and O–H groups in total. The lowest BCUT2D eigenvalue weighted by Crippen LogP contribution is -2.27. The van der Waals surface area contributed by atoms with Crippen LogP contribution < -0.4 is 0 Å². The zero-order valence-electron chi connectivity index (χ0n) is 27.2. The molecule has 3 nitrogen and oxygen atoms in total. The van der Waals surface area contributed by atoms with Gasteiger partial charge in [0.2, 0.25) is 17.1 Å². The average Bonchev–Trinajstić information content (AvgIpc) is 3.40. The van der Waals surface area contributed by atoms with Gasteiger partial charge >= 0.3 is 0 Å². The molecule has 0 atom stereocenters. The van der Waals surface area contributed by atoms with Crippen LogP contribution in [0.5, 0.6) is 0 Å². The largest absolute Gasteiger partial charge is 0.209 e. The fourth-order valence-electron chi connectivity index (χ4n) is 7.60. The van der Waals surface area contributed by atoms with Gasteiger partial charge in [0, 0.05) is 59.0 Å². The normalized spacial score (nSPS) is 20.0. The summed E-state index contributed by atoms with van der Waals surface area (Å²) in [5.74, 6) is 1.16. The van der Waals surface area contributed by atoms with E-state index in [0.29, 0.717) is 0 Å². The molecule has 3 aliphatic rings. The SMILES string of the molecule is C[N+]1=C(/C=C/[C](/C=C/C2=[N+](C)c3ccccc3C2(C)C)/C=C/C2=[N+](C)c3ccccc3C2(C)C)C(C)(C)c2ccccc21. The number of hydrogen-bond acceptors (Lipinski definition) is 0. The van der Waals surface area contributed by atoms with Crippen LogP contribution in [0.25, 0.3) is 0 Å². The van der Waals surface area contributed by atoms with Crippen molar-refractivity contribution in [3.8, 4) is 0 Å². The van der Waals surface area contributed by atoms with Crippen LogP contribution in [0.1, 0.15) is 58.2 Å². The number of rotatable bonds is 6. The highest BCUT2D eigenvalue weighted by Crippen LogP contribution is 2.41. The van der Waals surface area contributed by atoms with E-state index in [1.165, 1.54) is 50.9 Å². The fourth-order valence-corrected chi connectivity index (χ4v) is 7.60. The minimum atomic E-state index is -0.0749. The van der Waals surface area contributed by atoms with Gasteiger partial charge in [0.05, 0.1) is 16.2 Å². The summed E-state index contributed by atoms with van der Waals surface area (Å²) in [6.45, 7) is 14.0. The lowest BCUT2D eigenvalue weighted by atomic mass is 9.80. The Morgan fingerprint density at radius 2 is 0.698 bits per heavy atom. The third-order valence-electron chi connectivity index (χ3n) is 10.1. The molecule has 0 fully saturated rings. The Morgan fingerprint density at radius 3 is 0.953 bits per heavy atom. The summed E-state index contributed by atoms with van der Waals surface area (Å²) in [5.41, 5.74) is 11.6. The summed E-state index contributed by atoms with van der Waals surface area (Å²) >= 11 is 0. The molecule has 3 aromatic carbocycles. The van der Waals surface area contributed by atoms with E-state index in [1.54, 1.807) is 0 Å². The first-order valence-corrected chi connectivity index (χ1v) is 15.4. The molecule has 217 valence electrons. The van der Waals surface area contributed by atoms with E-state index in [-0.39, 0.29) is 16.2 Å². The number of fused-ring (bicyclic) bond motifs is 3. The molecule has 3 heteroatoms. The molecule has 1 radical (unpaired) electrons. The third-order valence-corrected chi connectivity index (χ3v) is 10.1. The lowest BCUT2D eigenvalue weighted by molar-refractivity contribution is -0.401. The van der Waals surface area contributed by atoms with Crippen molar-refractivity contribution in [1.29, 1.82) is 0 Å². The lowest BCUT2D eigenvalue weighted by Gasteiger charge is -2.16. The van der Waals surface area contributed by atoms with E-state index in [9.17, 15) is 0 Å². The Bertz CT molecular complexity index is 1600. The first-order valence-electron chi connectivity index (χ1n) is 15.4. The maximum atomic E-state index is 2.34. The van der Waals surface area contributed by atoms with Gasteiger partial charge in [0.15, 0.2) is 17.1 Å². The molecule has 3 heterocycles. The molecule has 0 spiro atoms. The van der Waals surface area contributed by atoms with E-state index < -0.39 is 0 Å². The Hall–Kier alpha value is -4.11. The number of para-hydroxylation sites is 3. The number of nitrogens with zero attached hydrogens (tertiary/aromatic N) is 3. The van der Waals surface area contributed by atoms with Gasteiger partial charge in [0.1, 0.15) is 21.1 Å². The fraction of sp³-hybridized carbons (Fsp3) is 0.300. The van der Waals surface area contributed by atoms with Crippen molar-refractivity contribution in [1.82, 2.24) is 0 Å². The van der Waals surface area contributed by atoms with E-state index >= 15 is 0 Å². The molecule has 3 aliphatic heterocycles. The van der Waals surface area contributed by atoms with Crippen LogP contribution in [0.15, 0.2) is 109 Å². The Kier molecular flexibility index (Phi) is 6.92. The molecule has 0 aromatic heterocycles. The van der Waals surface area contributed by atoms with E-state index in [0.717, 1.165) is 5.92 Å². The van der Waals surface area contributed by atoms with Crippen LogP contribution in [0.4, 0.5) is 17.1 Å². The number of benzene rings is 3. The molecular weight excluding hydrogens is 522 g/mol. The third kappa shape index (κ3) is 4.52. The van der Waals surface area contributed by atoms with Crippen LogP contribution in [0, 0.1) is 5.92 Å². The average molecular weight is 568 g/mol. The molecule has 3 aromatic rings. The van der Waals surface area contributed by atoms with Crippen LogP contribution in [-0.4, -0.2) is 52.0 Å². The number of allylic oxidation sites excluding steroid dienone is 6. The zero-order valence-corrected chi connectivity index (χ0v) is 27.2. The van der Waals surface area contributed by atoms with Gasteiger partial charge in [-0.1, -0.05) is 72.8 Å². The Labute approximate surface area is 258 Å². The molecule has 0 saturated carbocycles. The first kappa shape index (κ1) is 29.0. The molecule has 0 amide bonds. The topological polar surface area (TPSA) is 9.03 Å². The monoisotopic (exact) mass is 567 g/mol. The molecule has 0 aliphatic carbocycles. The van der Waals surface area contributed by atoms with Crippen molar-refractivity contribution < 1.29 is 13.7 Å². The summed E-state index contributed by atoms with van der Waals surface area (Å²) in [5, 5.41) is 0. The molecule has 0 bridgehead atoms. The second kappa shape index (κ2) is 10.3. The highest BCUT2D eigenvalue weighted by atomic mass is 15.0. The van der Waals surface area contributed by atoms with Gasteiger partial charge in [-0.3, -0.25) is 0 Å². The van der Waals surface area contributed by atoms with Crippen LogP contribution in [0.2, 0.25) is 0 Å². The zero-order chi connectivity index (χ0) is 30.7. The second-order valence-corrected chi connectivity index (χ2v) is 13.8. The van der Waals surface area contributed by atoms with Crippen LogP contribution in [0.3, 0.4) is 0 Å². The molecule has 0 unspecified atom stereocenters. The smallest absolute Gasteiger partial charge is 0.198 e. The Morgan fingerprint density at radius 1 is 0.442 bits per heavy atom. The van der Waals surface area contributed by atoms with Crippen molar-refractivity contribution in [3.05, 3.63) is 132 Å². The van der Waals surface area contributed by atoms with Crippen molar-refractivity contribution in [2.24, 2.45) is 0 Å². The minimum Gasteiger partial charge on any atom is -0.198 e. The summed E-state index contributed by atoms with van der Waals surface area (Å²) < 4.78 is 7.03. The Balaban J connectivity index is 1.40. The van der Waals surface area contributed by atoms with Crippen molar-refractivity contribution in [2.45, 2.75) is 57.8 Å². The highest BCUT2D eigenvalue weighted by Gasteiger charge is 2.45. The summed E-state index contributed by atoms with van der Waals surface area (Å²) in [4.78, 5) is 0. The first-order chi connectivity index (χ1) is 20.4. The van der Waals surface area contributed by atoms with Gasteiger partial charge in [0.25, 0.3) is 0 Å². The number of hydrogen-bond donors (Lipinski definition) is 0. The van der Waals surface area contributed by atoms with Crippen molar-refractivity contribution >= 4 is 34.2 Å². The maximum absolute atomic E-state index is 2.34. The minimum absolute atomic E-state index is 0.0749. The summed E-state index contributed by atoms with van der Waals surface area (Å²) in [7, 11) is 6.56. The summed E-state index contributed by atoms with van der Waals surface area (Å²) in [6.07, 6.45) is 13.8. The molecule has 6 rings (SSSR count). The van der Waals surface area contributed by atoms with Gasteiger partial charge in [-0.25, -0.2) is 0 Å². The van der Waals surface area contributed by atoms with E-state index in [4.69, 9.17) is 0 Å². The maximum Gasteiger partial charge on any atom is 0.209 e. The van der Waals surface area contributed by atoms with Gasteiger partial charge in [-0.05, 0) is 41.5 Å². The molecular formula is C40H45N3+3. The van der Waals surface area contributed by atoms with Crippen molar-refractivity contribution in [3.63, 3.8) is 0 Å². The highest BCUT2D eigenvalue weighted by molar-refractivity contribution is 6.05. The summed E-state index contributed by atoms with van der Waals surface area (Å²) in [6, 6.07) is 26.3. The van der Waals surface area contributed by atoms with E-state index in [1.807, 2.05) is 0 Å². The van der Waals surface area contributed by atoms with Crippen LogP contribution >= 0.6 is 0 Å². The van der Waals surface area contributed by atoms with Gasteiger partial charge < -0.3 is 0 Å². The second-order valence-electron chi connectivity index (χ2n) is 13.8. The quantitative estimate of drug-likeness (QED) is 0.265. The predicted molar refractivity (Wildman–Crippen MR) is 182 cm³/mol. The predicted octanol–water partition coefficient (Wildman–Crippen LogP) is 8.35. The van der Waals surface area contributed by atoms with E-state index in [2.05, 4.69) is 186 Å². The van der Waals surface area contributed by atoms with Gasteiger partial charge in [-0.2, -0.15) is 13.7 Å². The van der Waals surface area contributed by atoms with Gasteiger partial charge in [-0.15, -0.1) is 0 Å². The molecule has 43 heavy (non-hydrogen) atoms. The standard InChI is InChI=1S/C40H45N3/c1-38(2)29-16-10-13-19-32(29)41(7)35(38)25-22-28(23-26-36-39(3,4)30-17-11-14-20-33(30)42(36)8)24-27-37-40(5,6)31-18-12-15-21-34(31)43(37)9/h10-27H,1-9H3/q+3/b25-22+,26-23+,27-24+. The van der Waals surface area contributed by atoms with Crippen LogP contribution in [-0.2, 0) is 16.2 Å².